The van der Waals surface area contributed by atoms with E-state index in [0.29, 0.717) is 11.4 Å². The summed E-state index contributed by atoms with van der Waals surface area (Å²) in [4.78, 5) is 19.2. The van der Waals surface area contributed by atoms with Gasteiger partial charge in [0.05, 0.1) is 6.04 Å². The maximum atomic E-state index is 12.0. The van der Waals surface area contributed by atoms with Crippen LogP contribution in [-0.4, -0.2) is 22.5 Å². The molecule has 21 heavy (non-hydrogen) atoms. The van der Waals surface area contributed by atoms with Crippen molar-refractivity contribution in [2.75, 3.05) is 0 Å². The summed E-state index contributed by atoms with van der Waals surface area (Å²) < 4.78 is 28.3. The van der Waals surface area contributed by atoms with Crippen molar-refractivity contribution in [2.45, 2.75) is 26.5 Å². The molecule has 0 spiro atoms. The van der Waals surface area contributed by atoms with Crippen LogP contribution in [0.3, 0.4) is 0 Å². The van der Waals surface area contributed by atoms with Gasteiger partial charge in [0, 0.05) is 17.5 Å². The van der Waals surface area contributed by atoms with E-state index in [0.717, 1.165) is 5.69 Å². The monoisotopic (exact) mass is 295 g/mol. The zero-order chi connectivity index (χ0) is 15.4. The molecule has 0 radical (unpaired) electrons. The molecule has 2 rings (SSSR count). The topological polar surface area (TPSA) is 67.0 Å². The van der Waals surface area contributed by atoms with Gasteiger partial charge in [-0.15, -0.1) is 0 Å². The maximum absolute atomic E-state index is 12.0. The van der Waals surface area contributed by atoms with Crippen molar-refractivity contribution in [3.63, 3.8) is 0 Å². The number of amides is 1. The number of carbonyl (C=O) groups excluding carboxylic acids is 1. The first-order valence-electron chi connectivity index (χ1n) is 6.33. The Morgan fingerprint density at radius 3 is 2.52 bits per heavy atom. The molecule has 2 aromatic rings. The van der Waals surface area contributed by atoms with Gasteiger partial charge in [-0.2, -0.15) is 8.78 Å². The molecule has 0 unspecified atom stereocenters. The number of nitrogens with zero attached hydrogens (tertiary/aromatic N) is 1. The molecular formula is C14H15F2N3O2. The van der Waals surface area contributed by atoms with Crippen molar-refractivity contribution < 1.29 is 18.3 Å². The largest absolute Gasteiger partial charge is 0.435 e. The van der Waals surface area contributed by atoms with Crippen LogP contribution < -0.4 is 10.1 Å². The van der Waals surface area contributed by atoms with Crippen molar-refractivity contribution in [1.82, 2.24) is 15.3 Å². The van der Waals surface area contributed by atoms with E-state index in [2.05, 4.69) is 20.0 Å². The summed E-state index contributed by atoms with van der Waals surface area (Å²) in [6, 6.07) is 5.20. The SMILES string of the molecule is Cc1cnc([C@@H](C)NC(=O)c2ccc(OC(F)F)cc2)[nH]1. The van der Waals surface area contributed by atoms with Crippen LogP contribution in [-0.2, 0) is 0 Å². The Hall–Kier alpha value is -2.44. The van der Waals surface area contributed by atoms with Crippen LogP contribution >= 0.6 is 0 Å². The highest BCUT2D eigenvalue weighted by molar-refractivity contribution is 5.94. The molecular weight excluding hydrogens is 280 g/mol. The molecule has 1 aromatic heterocycles. The van der Waals surface area contributed by atoms with E-state index in [4.69, 9.17) is 0 Å². The molecule has 0 aliphatic heterocycles. The molecule has 0 aliphatic rings. The fraction of sp³-hybridized carbons (Fsp3) is 0.286. The zero-order valence-electron chi connectivity index (χ0n) is 11.6. The number of nitrogens with one attached hydrogen (secondary N) is 2. The standard InChI is InChI=1S/C14H15F2N3O2/c1-8-7-17-12(18-8)9(2)19-13(20)10-3-5-11(6-4-10)21-14(15)16/h3-7,9,14H,1-2H3,(H,17,18)(H,19,20)/t9-/m1/s1. The molecule has 0 bridgehead atoms. The molecule has 0 saturated heterocycles. The van der Waals surface area contributed by atoms with Gasteiger partial charge in [-0.1, -0.05) is 0 Å². The quantitative estimate of drug-likeness (QED) is 0.891. The van der Waals surface area contributed by atoms with E-state index in [9.17, 15) is 13.6 Å². The molecule has 1 amide bonds. The second-order valence-electron chi connectivity index (χ2n) is 4.55. The number of alkyl halides is 2. The number of carbonyl (C=O) groups is 1. The lowest BCUT2D eigenvalue weighted by Gasteiger charge is -2.12. The minimum atomic E-state index is -2.88. The van der Waals surface area contributed by atoms with Gasteiger partial charge in [0.15, 0.2) is 0 Å². The average Bonchev–Trinajstić information content (AvgIpc) is 2.85. The Morgan fingerprint density at radius 2 is 2.00 bits per heavy atom. The van der Waals surface area contributed by atoms with Crippen LogP contribution in [0.5, 0.6) is 5.75 Å². The van der Waals surface area contributed by atoms with Crippen LogP contribution in [0, 0.1) is 6.92 Å². The third-order valence-corrected chi connectivity index (χ3v) is 2.82. The van der Waals surface area contributed by atoms with Gasteiger partial charge in [0.25, 0.3) is 5.91 Å². The minimum absolute atomic E-state index is 0.0104. The van der Waals surface area contributed by atoms with E-state index in [1.165, 1.54) is 24.3 Å². The number of benzene rings is 1. The summed E-state index contributed by atoms with van der Waals surface area (Å²) in [5, 5.41) is 2.76. The third-order valence-electron chi connectivity index (χ3n) is 2.82. The molecule has 1 atom stereocenters. The number of H-pyrrole nitrogens is 1. The summed E-state index contributed by atoms with van der Waals surface area (Å²) in [5.74, 6) is 0.343. The molecule has 1 heterocycles. The number of rotatable bonds is 5. The lowest BCUT2D eigenvalue weighted by atomic mass is 10.2. The van der Waals surface area contributed by atoms with Crippen molar-refractivity contribution in [2.24, 2.45) is 0 Å². The summed E-state index contributed by atoms with van der Waals surface area (Å²) in [6.45, 7) is 0.781. The second kappa shape index (κ2) is 6.34. The molecule has 112 valence electrons. The first kappa shape index (κ1) is 15.0. The number of ether oxygens (including phenoxy) is 1. The zero-order valence-corrected chi connectivity index (χ0v) is 11.6. The number of hydrogen-bond acceptors (Lipinski definition) is 3. The number of imidazole rings is 1. The average molecular weight is 295 g/mol. The van der Waals surface area contributed by atoms with E-state index in [1.807, 2.05) is 6.92 Å². The predicted octanol–water partition coefficient (Wildman–Crippen LogP) is 2.81. The summed E-state index contributed by atoms with van der Waals surface area (Å²) in [5.41, 5.74) is 1.26. The predicted molar refractivity (Wildman–Crippen MR) is 72.3 cm³/mol. The number of hydrogen-bond donors (Lipinski definition) is 2. The molecule has 2 N–H and O–H groups in total. The van der Waals surface area contributed by atoms with Crippen molar-refractivity contribution in [3.05, 3.63) is 47.5 Å². The molecule has 1 aromatic carbocycles. The summed E-state index contributed by atoms with van der Waals surface area (Å²) in [7, 11) is 0. The van der Waals surface area contributed by atoms with E-state index in [-0.39, 0.29) is 17.7 Å². The van der Waals surface area contributed by atoms with E-state index >= 15 is 0 Å². The Morgan fingerprint density at radius 1 is 1.33 bits per heavy atom. The highest BCUT2D eigenvalue weighted by atomic mass is 19.3. The molecule has 7 heteroatoms. The second-order valence-corrected chi connectivity index (χ2v) is 4.55. The van der Waals surface area contributed by atoms with Gasteiger partial charge in [-0.3, -0.25) is 4.79 Å². The van der Waals surface area contributed by atoms with E-state index < -0.39 is 6.61 Å². The van der Waals surface area contributed by atoms with Gasteiger partial charge in [0.1, 0.15) is 11.6 Å². The summed E-state index contributed by atoms with van der Waals surface area (Å²) >= 11 is 0. The van der Waals surface area contributed by atoms with Crippen LogP contribution in [0.4, 0.5) is 8.78 Å². The smallest absolute Gasteiger partial charge is 0.387 e. The third kappa shape index (κ3) is 4.01. The Bertz CT molecular complexity index is 611. The highest BCUT2D eigenvalue weighted by Crippen LogP contribution is 2.16. The van der Waals surface area contributed by atoms with Crippen molar-refractivity contribution >= 4 is 5.91 Å². The highest BCUT2D eigenvalue weighted by Gasteiger charge is 2.14. The van der Waals surface area contributed by atoms with Gasteiger partial charge < -0.3 is 15.0 Å². The molecule has 0 fully saturated rings. The first-order chi connectivity index (χ1) is 9.95. The number of aromatic nitrogens is 2. The van der Waals surface area contributed by atoms with Gasteiger partial charge in [0.2, 0.25) is 0 Å². The van der Waals surface area contributed by atoms with E-state index in [1.54, 1.807) is 13.1 Å². The van der Waals surface area contributed by atoms with Gasteiger partial charge >= 0.3 is 6.61 Å². The number of halogens is 2. The minimum Gasteiger partial charge on any atom is -0.435 e. The van der Waals surface area contributed by atoms with Gasteiger partial charge in [-0.25, -0.2) is 4.98 Å². The first-order valence-corrected chi connectivity index (χ1v) is 6.33. The van der Waals surface area contributed by atoms with Crippen molar-refractivity contribution in [1.29, 1.82) is 0 Å². The molecule has 0 aliphatic carbocycles. The van der Waals surface area contributed by atoms with Gasteiger partial charge in [-0.05, 0) is 38.1 Å². The fourth-order valence-electron chi connectivity index (χ4n) is 1.79. The Kier molecular flexibility index (Phi) is 4.52. The number of aryl methyl sites for hydroxylation is 1. The normalized spacial score (nSPS) is 12.2. The van der Waals surface area contributed by atoms with Crippen LogP contribution in [0.1, 0.15) is 34.8 Å². The fourth-order valence-corrected chi connectivity index (χ4v) is 1.79. The van der Waals surface area contributed by atoms with Crippen LogP contribution in [0.25, 0.3) is 0 Å². The van der Waals surface area contributed by atoms with Crippen LogP contribution in [0.2, 0.25) is 0 Å². The number of aromatic amines is 1. The lowest BCUT2D eigenvalue weighted by Crippen LogP contribution is -2.27. The Balaban J connectivity index is 1.99. The molecule has 0 saturated carbocycles. The lowest BCUT2D eigenvalue weighted by molar-refractivity contribution is -0.0498. The van der Waals surface area contributed by atoms with Crippen LogP contribution in [0.15, 0.2) is 30.5 Å². The molecule has 5 nitrogen and oxygen atoms in total. The Labute approximate surface area is 120 Å². The summed E-state index contributed by atoms with van der Waals surface area (Å²) in [6.07, 6.45) is 1.68. The van der Waals surface area contributed by atoms with Crippen molar-refractivity contribution in [3.8, 4) is 5.75 Å². The maximum Gasteiger partial charge on any atom is 0.387 e.